The summed E-state index contributed by atoms with van der Waals surface area (Å²) in [4.78, 5) is 1.20. The van der Waals surface area contributed by atoms with Gasteiger partial charge >= 0.3 is 0 Å². The van der Waals surface area contributed by atoms with E-state index < -0.39 is 0 Å². The van der Waals surface area contributed by atoms with Crippen LogP contribution in [0, 0.1) is 0 Å². The summed E-state index contributed by atoms with van der Waals surface area (Å²) in [7, 11) is 0. The van der Waals surface area contributed by atoms with Crippen molar-refractivity contribution >= 4 is 11.8 Å². The summed E-state index contributed by atoms with van der Waals surface area (Å²) in [5, 5.41) is 3.16. The van der Waals surface area contributed by atoms with Crippen LogP contribution in [0.15, 0.2) is 35.9 Å². The molecular weight excluding hydrogens is 130 g/mol. The molecule has 1 nitrogen and oxygen atoms in total. The molecule has 1 aliphatic heterocycles. The van der Waals surface area contributed by atoms with E-state index in [1.807, 2.05) is 12.2 Å². The number of rotatable bonds is 2. The molecule has 1 rings (SSSR count). The highest BCUT2D eigenvalue weighted by Gasteiger charge is 2.06. The lowest BCUT2D eigenvalue weighted by Gasteiger charge is -1.92. The van der Waals surface area contributed by atoms with E-state index in [2.05, 4.69) is 18.5 Å². The van der Waals surface area contributed by atoms with Crippen molar-refractivity contribution in [3.63, 3.8) is 0 Å². The smallest absolute Gasteiger partial charge is 0.0658 e. The minimum Gasteiger partial charge on any atom is -0.375 e. The third-order valence-corrected chi connectivity index (χ3v) is 2.13. The molecule has 1 N–H and O–H groups in total. The maximum Gasteiger partial charge on any atom is 0.0658 e. The fraction of sp³-hybridized carbons (Fsp3) is 0.143. The molecule has 0 saturated heterocycles. The molecule has 9 heavy (non-hydrogen) atoms. The van der Waals surface area contributed by atoms with E-state index in [-0.39, 0.29) is 0 Å². The normalized spacial score (nSPS) is 17.3. The average Bonchev–Trinajstić information content (AvgIpc) is 2.33. The van der Waals surface area contributed by atoms with Gasteiger partial charge in [0.15, 0.2) is 0 Å². The second-order valence-electron chi connectivity index (χ2n) is 1.65. The Morgan fingerprint density at radius 3 is 2.67 bits per heavy atom. The molecule has 0 aliphatic carbocycles. The molecular formula is C7H9NS. The van der Waals surface area contributed by atoms with Crippen LogP contribution in [0.4, 0.5) is 0 Å². The summed E-state index contributed by atoms with van der Waals surface area (Å²) in [6.45, 7) is 7.33. The maximum atomic E-state index is 3.67. The molecule has 0 radical (unpaired) electrons. The van der Waals surface area contributed by atoms with Crippen molar-refractivity contribution in [2.75, 3.05) is 5.88 Å². The van der Waals surface area contributed by atoms with Crippen LogP contribution < -0.4 is 5.32 Å². The maximum absolute atomic E-state index is 3.67. The van der Waals surface area contributed by atoms with Crippen molar-refractivity contribution < 1.29 is 0 Å². The first-order valence-corrected chi connectivity index (χ1v) is 3.73. The van der Waals surface area contributed by atoms with Gasteiger partial charge in [-0.25, -0.2) is 0 Å². The number of hydrogen-bond donors (Lipinski definition) is 1. The number of allylic oxidation sites excluding steroid dienone is 2. The lowest BCUT2D eigenvalue weighted by molar-refractivity contribution is 1.02. The Hall–Kier alpha value is -0.630. The minimum absolute atomic E-state index is 0.947. The first-order chi connectivity index (χ1) is 4.38. The Morgan fingerprint density at radius 2 is 2.22 bits per heavy atom. The van der Waals surface area contributed by atoms with Gasteiger partial charge in [-0.1, -0.05) is 19.2 Å². The van der Waals surface area contributed by atoms with Crippen molar-refractivity contribution in [3.05, 3.63) is 35.9 Å². The predicted molar refractivity (Wildman–Crippen MR) is 43.0 cm³/mol. The van der Waals surface area contributed by atoms with E-state index in [0.29, 0.717) is 0 Å². The first kappa shape index (κ1) is 6.49. The third kappa shape index (κ3) is 1.19. The summed E-state index contributed by atoms with van der Waals surface area (Å²) in [5.74, 6) is 0.947. The van der Waals surface area contributed by atoms with Gasteiger partial charge in [0.25, 0.3) is 0 Å². The van der Waals surface area contributed by atoms with Gasteiger partial charge in [0.1, 0.15) is 0 Å². The van der Waals surface area contributed by atoms with Crippen LogP contribution in [0.2, 0.25) is 0 Å². The van der Waals surface area contributed by atoms with Crippen LogP contribution in [0.25, 0.3) is 0 Å². The fourth-order valence-corrected chi connectivity index (χ4v) is 1.51. The van der Waals surface area contributed by atoms with Gasteiger partial charge in [0.2, 0.25) is 0 Å². The first-order valence-electron chi connectivity index (χ1n) is 2.74. The summed E-state index contributed by atoms with van der Waals surface area (Å²) in [6, 6.07) is 0. The summed E-state index contributed by atoms with van der Waals surface area (Å²) in [6.07, 6.45) is 3.67. The predicted octanol–water partition coefficient (Wildman–Crippen LogP) is 1.86. The quantitative estimate of drug-likeness (QED) is 0.626. The van der Waals surface area contributed by atoms with Crippen molar-refractivity contribution in [2.45, 2.75) is 0 Å². The van der Waals surface area contributed by atoms with E-state index in [1.165, 1.54) is 4.91 Å². The van der Waals surface area contributed by atoms with Crippen molar-refractivity contribution in [2.24, 2.45) is 0 Å². The number of hydrogen-bond acceptors (Lipinski definition) is 2. The lowest BCUT2D eigenvalue weighted by atomic mass is 10.4. The highest BCUT2D eigenvalue weighted by Crippen LogP contribution is 2.24. The average molecular weight is 139 g/mol. The molecule has 0 unspecified atom stereocenters. The van der Waals surface area contributed by atoms with Gasteiger partial charge in [-0.3, -0.25) is 0 Å². The molecule has 0 spiro atoms. The molecule has 2 heteroatoms. The van der Waals surface area contributed by atoms with Gasteiger partial charge < -0.3 is 5.32 Å². The number of thioether (sulfide) groups is 1. The van der Waals surface area contributed by atoms with Gasteiger partial charge in [-0.2, -0.15) is 0 Å². The standard InChI is InChI=1S/C7H9NS/c1-3-6-7(4-2)9-5-8-6/h3-4,8H,1-2,5H2. The summed E-state index contributed by atoms with van der Waals surface area (Å²) >= 11 is 1.75. The van der Waals surface area contributed by atoms with Crippen LogP contribution in [0.1, 0.15) is 0 Å². The molecule has 0 aromatic heterocycles. The zero-order valence-corrected chi connectivity index (χ0v) is 6.00. The molecule has 0 bridgehead atoms. The Labute approximate surface area is 59.5 Å². The van der Waals surface area contributed by atoms with Crippen molar-refractivity contribution in [3.8, 4) is 0 Å². The summed E-state index contributed by atoms with van der Waals surface area (Å²) < 4.78 is 0. The van der Waals surface area contributed by atoms with Crippen LogP contribution >= 0.6 is 11.8 Å². The molecule has 0 aromatic carbocycles. The zero-order valence-electron chi connectivity index (χ0n) is 5.18. The zero-order chi connectivity index (χ0) is 6.69. The second kappa shape index (κ2) is 2.78. The van der Waals surface area contributed by atoms with Crippen LogP contribution in [0.3, 0.4) is 0 Å². The largest absolute Gasteiger partial charge is 0.375 e. The van der Waals surface area contributed by atoms with E-state index in [1.54, 1.807) is 11.8 Å². The molecule has 0 atom stereocenters. The Morgan fingerprint density at radius 1 is 1.44 bits per heavy atom. The van der Waals surface area contributed by atoms with E-state index in [0.717, 1.165) is 11.6 Å². The van der Waals surface area contributed by atoms with Gasteiger partial charge in [0.05, 0.1) is 5.88 Å². The minimum atomic E-state index is 0.947. The SMILES string of the molecule is C=CC1=C(C=C)SCN1. The molecule has 48 valence electrons. The molecule has 0 aromatic rings. The summed E-state index contributed by atoms with van der Waals surface area (Å²) in [5.41, 5.74) is 1.11. The Kier molecular flexibility index (Phi) is 2.01. The van der Waals surface area contributed by atoms with E-state index >= 15 is 0 Å². The van der Waals surface area contributed by atoms with Gasteiger partial charge in [-0.15, -0.1) is 11.8 Å². The van der Waals surface area contributed by atoms with Gasteiger partial charge in [0, 0.05) is 10.6 Å². The fourth-order valence-electron chi connectivity index (χ4n) is 0.698. The lowest BCUT2D eigenvalue weighted by Crippen LogP contribution is -2.03. The van der Waals surface area contributed by atoms with E-state index in [9.17, 15) is 0 Å². The van der Waals surface area contributed by atoms with Gasteiger partial charge in [-0.05, 0) is 6.08 Å². The molecule has 0 saturated carbocycles. The van der Waals surface area contributed by atoms with Crippen LogP contribution in [-0.4, -0.2) is 5.88 Å². The molecule has 1 aliphatic rings. The third-order valence-electron chi connectivity index (χ3n) is 1.15. The van der Waals surface area contributed by atoms with Crippen LogP contribution in [-0.2, 0) is 0 Å². The highest BCUT2D eigenvalue weighted by molar-refractivity contribution is 8.03. The molecule has 0 fully saturated rings. The van der Waals surface area contributed by atoms with Crippen molar-refractivity contribution in [1.82, 2.24) is 5.32 Å². The van der Waals surface area contributed by atoms with E-state index in [4.69, 9.17) is 0 Å². The van der Waals surface area contributed by atoms with Crippen molar-refractivity contribution in [1.29, 1.82) is 0 Å². The number of nitrogens with one attached hydrogen (secondary N) is 1. The Balaban J connectivity index is 2.81. The highest BCUT2D eigenvalue weighted by atomic mass is 32.2. The molecule has 0 amide bonds. The monoisotopic (exact) mass is 139 g/mol. The topological polar surface area (TPSA) is 12.0 Å². The Bertz CT molecular complexity index is 152. The second-order valence-corrected chi connectivity index (χ2v) is 2.67. The molecule has 1 heterocycles. The van der Waals surface area contributed by atoms with Crippen LogP contribution in [0.5, 0.6) is 0 Å².